The number of carbonyl (C=O) groups is 1. The minimum atomic E-state index is -0.412. The molecule has 1 atom stereocenters. The van der Waals surface area contributed by atoms with Gasteiger partial charge in [-0.3, -0.25) is 4.79 Å². The number of hydrogen-bond donors (Lipinski definition) is 1. The summed E-state index contributed by atoms with van der Waals surface area (Å²) in [4.78, 5) is 13.6. The Hall–Kier alpha value is -1.35. The van der Waals surface area contributed by atoms with Crippen molar-refractivity contribution in [3.8, 4) is 0 Å². The van der Waals surface area contributed by atoms with Crippen molar-refractivity contribution >= 4 is 11.6 Å². The molecule has 0 aliphatic heterocycles. The van der Waals surface area contributed by atoms with Gasteiger partial charge in [0.05, 0.1) is 6.04 Å². The van der Waals surface area contributed by atoms with Crippen LogP contribution in [0.3, 0.4) is 0 Å². The van der Waals surface area contributed by atoms with Crippen molar-refractivity contribution in [2.75, 3.05) is 11.9 Å². The number of rotatable bonds is 4. The van der Waals surface area contributed by atoms with Crippen LogP contribution in [0.1, 0.15) is 20.3 Å². The number of para-hydroxylation sites is 1. The number of hydrogen-bond acceptors (Lipinski definition) is 2. The van der Waals surface area contributed by atoms with Crippen LogP contribution in [0.25, 0.3) is 0 Å². The summed E-state index contributed by atoms with van der Waals surface area (Å²) >= 11 is 0. The summed E-state index contributed by atoms with van der Waals surface area (Å²) < 4.78 is 0. The molecule has 2 N–H and O–H groups in total. The lowest BCUT2D eigenvalue weighted by Gasteiger charge is -2.22. The van der Waals surface area contributed by atoms with E-state index in [-0.39, 0.29) is 5.91 Å². The van der Waals surface area contributed by atoms with Gasteiger partial charge in [-0.1, -0.05) is 32.0 Å². The fourth-order valence-electron chi connectivity index (χ4n) is 1.64. The molecule has 0 bridgehead atoms. The summed E-state index contributed by atoms with van der Waals surface area (Å²) in [6.45, 7) is 4.13. The van der Waals surface area contributed by atoms with Crippen LogP contribution in [-0.4, -0.2) is 19.0 Å². The molecule has 1 amide bonds. The molecule has 0 aliphatic carbocycles. The van der Waals surface area contributed by atoms with Gasteiger partial charge >= 0.3 is 0 Å². The Labute approximate surface area is 97.2 Å². The third-order valence-electron chi connectivity index (χ3n) is 2.52. The highest BCUT2D eigenvalue weighted by Gasteiger charge is 2.19. The summed E-state index contributed by atoms with van der Waals surface area (Å²) in [6.07, 6.45) is 0.718. The zero-order valence-corrected chi connectivity index (χ0v) is 10.2. The molecule has 0 saturated heterocycles. The molecule has 0 fully saturated rings. The number of carbonyl (C=O) groups excluding carboxylic acids is 1. The third-order valence-corrected chi connectivity index (χ3v) is 2.52. The highest BCUT2D eigenvalue weighted by Crippen LogP contribution is 2.13. The Morgan fingerprint density at radius 3 is 2.38 bits per heavy atom. The first-order chi connectivity index (χ1) is 7.52. The maximum absolute atomic E-state index is 12.0. The quantitative estimate of drug-likeness (QED) is 0.843. The molecule has 1 aromatic rings. The Bertz CT molecular complexity index is 335. The fourth-order valence-corrected chi connectivity index (χ4v) is 1.64. The first-order valence-corrected chi connectivity index (χ1v) is 5.60. The number of nitrogens with zero attached hydrogens (tertiary/aromatic N) is 1. The molecule has 1 aromatic carbocycles. The predicted molar refractivity (Wildman–Crippen MR) is 67.3 cm³/mol. The van der Waals surface area contributed by atoms with Gasteiger partial charge in [0.15, 0.2) is 0 Å². The van der Waals surface area contributed by atoms with Gasteiger partial charge in [-0.05, 0) is 24.5 Å². The minimum absolute atomic E-state index is 0.0279. The van der Waals surface area contributed by atoms with Gasteiger partial charge in [0, 0.05) is 12.7 Å². The Morgan fingerprint density at radius 2 is 1.88 bits per heavy atom. The van der Waals surface area contributed by atoms with E-state index in [1.165, 1.54) is 0 Å². The lowest BCUT2D eigenvalue weighted by Crippen LogP contribution is -2.42. The van der Waals surface area contributed by atoms with Crippen LogP contribution in [0, 0.1) is 5.92 Å². The highest BCUT2D eigenvalue weighted by molar-refractivity contribution is 5.96. The zero-order chi connectivity index (χ0) is 12.1. The summed E-state index contributed by atoms with van der Waals surface area (Å²) in [5.41, 5.74) is 6.75. The fraction of sp³-hybridized carbons (Fsp3) is 0.462. The van der Waals surface area contributed by atoms with E-state index in [9.17, 15) is 4.79 Å². The van der Waals surface area contributed by atoms with Crippen molar-refractivity contribution in [3.05, 3.63) is 30.3 Å². The van der Waals surface area contributed by atoms with E-state index in [1.807, 2.05) is 30.3 Å². The van der Waals surface area contributed by atoms with Gasteiger partial charge in [0.1, 0.15) is 0 Å². The summed E-state index contributed by atoms with van der Waals surface area (Å²) in [7, 11) is 1.76. The normalized spacial score (nSPS) is 12.6. The van der Waals surface area contributed by atoms with Crippen molar-refractivity contribution in [2.45, 2.75) is 26.3 Å². The third kappa shape index (κ3) is 3.35. The first-order valence-electron chi connectivity index (χ1n) is 5.60. The van der Waals surface area contributed by atoms with E-state index < -0.39 is 6.04 Å². The molecule has 0 spiro atoms. The maximum Gasteiger partial charge on any atom is 0.243 e. The molecule has 88 valence electrons. The van der Waals surface area contributed by atoms with Gasteiger partial charge in [-0.2, -0.15) is 0 Å². The Kier molecular flexibility index (Phi) is 4.50. The van der Waals surface area contributed by atoms with E-state index in [0.717, 1.165) is 12.1 Å². The van der Waals surface area contributed by atoms with Gasteiger partial charge in [0.2, 0.25) is 5.91 Å². The topological polar surface area (TPSA) is 46.3 Å². The van der Waals surface area contributed by atoms with Crippen LogP contribution in [-0.2, 0) is 4.79 Å². The Balaban J connectivity index is 2.67. The molecule has 0 unspecified atom stereocenters. The van der Waals surface area contributed by atoms with Crippen LogP contribution in [0.15, 0.2) is 30.3 Å². The second-order valence-electron chi connectivity index (χ2n) is 4.47. The first kappa shape index (κ1) is 12.7. The SMILES string of the molecule is CC(C)C[C@@H](N)C(=O)N(C)c1ccccc1. The number of benzene rings is 1. The second kappa shape index (κ2) is 5.66. The average Bonchev–Trinajstić information content (AvgIpc) is 2.27. The number of amides is 1. The Morgan fingerprint density at radius 1 is 1.31 bits per heavy atom. The van der Waals surface area contributed by atoms with Crippen LogP contribution in [0.5, 0.6) is 0 Å². The van der Waals surface area contributed by atoms with Crippen molar-refractivity contribution in [2.24, 2.45) is 11.7 Å². The molecular formula is C13H20N2O. The largest absolute Gasteiger partial charge is 0.320 e. The van der Waals surface area contributed by atoms with Crippen molar-refractivity contribution in [1.29, 1.82) is 0 Å². The highest BCUT2D eigenvalue weighted by atomic mass is 16.2. The van der Waals surface area contributed by atoms with Crippen molar-refractivity contribution < 1.29 is 4.79 Å². The molecule has 0 radical (unpaired) electrons. The standard InChI is InChI=1S/C13H20N2O/c1-10(2)9-12(14)13(16)15(3)11-7-5-4-6-8-11/h4-8,10,12H,9,14H2,1-3H3/t12-/m1/s1. The zero-order valence-electron chi connectivity index (χ0n) is 10.2. The molecule has 0 heterocycles. The lowest BCUT2D eigenvalue weighted by atomic mass is 10.0. The summed E-state index contributed by atoms with van der Waals surface area (Å²) in [5, 5.41) is 0. The molecule has 16 heavy (non-hydrogen) atoms. The van der Waals surface area contributed by atoms with Crippen LogP contribution in [0.2, 0.25) is 0 Å². The molecular weight excluding hydrogens is 200 g/mol. The second-order valence-corrected chi connectivity index (χ2v) is 4.47. The minimum Gasteiger partial charge on any atom is -0.320 e. The van der Waals surface area contributed by atoms with Crippen LogP contribution in [0.4, 0.5) is 5.69 Å². The van der Waals surface area contributed by atoms with Crippen LogP contribution < -0.4 is 10.6 Å². The van der Waals surface area contributed by atoms with Crippen molar-refractivity contribution in [1.82, 2.24) is 0 Å². The van der Waals surface area contributed by atoms with E-state index in [0.29, 0.717) is 5.92 Å². The smallest absolute Gasteiger partial charge is 0.243 e. The lowest BCUT2D eigenvalue weighted by molar-refractivity contribution is -0.119. The van der Waals surface area contributed by atoms with Gasteiger partial charge < -0.3 is 10.6 Å². The number of nitrogens with two attached hydrogens (primary N) is 1. The summed E-state index contributed by atoms with van der Waals surface area (Å²) in [6, 6.07) is 9.14. The molecule has 0 aromatic heterocycles. The number of anilines is 1. The van der Waals surface area contributed by atoms with E-state index in [1.54, 1.807) is 11.9 Å². The molecule has 3 heteroatoms. The van der Waals surface area contributed by atoms with Gasteiger partial charge in [-0.15, -0.1) is 0 Å². The summed E-state index contributed by atoms with van der Waals surface area (Å²) in [5.74, 6) is 0.406. The molecule has 0 aliphatic rings. The van der Waals surface area contributed by atoms with Gasteiger partial charge in [-0.25, -0.2) is 0 Å². The monoisotopic (exact) mass is 220 g/mol. The van der Waals surface area contributed by atoms with Crippen molar-refractivity contribution in [3.63, 3.8) is 0 Å². The van der Waals surface area contributed by atoms with Crippen LogP contribution >= 0.6 is 0 Å². The molecule has 3 nitrogen and oxygen atoms in total. The van der Waals surface area contributed by atoms with E-state index >= 15 is 0 Å². The van der Waals surface area contributed by atoms with Gasteiger partial charge in [0.25, 0.3) is 0 Å². The molecule has 1 rings (SSSR count). The maximum atomic E-state index is 12.0. The number of likely N-dealkylation sites (N-methyl/N-ethyl adjacent to an activating group) is 1. The van der Waals surface area contributed by atoms with E-state index in [4.69, 9.17) is 5.73 Å². The average molecular weight is 220 g/mol. The van der Waals surface area contributed by atoms with E-state index in [2.05, 4.69) is 13.8 Å². The molecule has 0 saturated carbocycles. The predicted octanol–water partition coefficient (Wildman–Crippen LogP) is 2.02.